The number of nitrogens with zero attached hydrogens (tertiary/aromatic N) is 1. The van der Waals surface area contributed by atoms with Crippen LogP contribution in [0.1, 0.15) is 21.5 Å². The number of hydrogen-bond acceptors (Lipinski definition) is 3. The Labute approximate surface area is 140 Å². The first-order chi connectivity index (χ1) is 11.5. The van der Waals surface area contributed by atoms with Gasteiger partial charge in [0.25, 0.3) is 5.91 Å². The van der Waals surface area contributed by atoms with E-state index < -0.39 is 0 Å². The highest BCUT2D eigenvalue weighted by Gasteiger charge is 2.25. The Morgan fingerprint density at radius 1 is 1.17 bits per heavy atom. The molecule has 4 N–H and O–H groups in total. The zero-order chi connectivity index (χ0) is 16.8. The van der Waals surface area contributed by atoms with Crippen LogP contribution in [0.2, 0.25) is 0 Å². The van der Waals surface area contributed by atoms with Gasteiger partial charge in [-0.25, -0.2) is 0 Å². The lowest BCUT2D eigenvalue weighted by Gasteiger charge is -2.13. The highest BCUT2D eigenvalue weighted by molar-refractivity contribution is 6.05. The Kier molecular flexibility index (Phi) is 3.32. The molecule has 4 rings (SSSR count). The number of rotatable bonds is 3. The number of aromatic amines is 1. The number of benzene rings is 2. The molecule has 0 radical (unpaired) electrons. The van der Waals surface area contributed by atoms with Crippen molar-refractivity contribution < 1.29 is 4.79 Å². The Morgan fingerprint density at radius 2 is 2.00 bits per heavy atom. The average molecular weight is 320 g/mol. The summed E-state index contributed by atoms with van der Waals surface area (Å²) in [5, 5.41) is 3.98. The number of amides is 1. The molecule has 5 heteroatoms. The quantitative estimate of drug-likeness (QED) is 0.650. The summed E-state index contributed by atoms with van der Waals surface area (Å²) in [4.78, 5) is 17.9. The van der Waals surface area contributed by atoms with E-state index in [2.05, 4.69) is 33.4 Å². The van der Waals surface area contributed by atoms with Crippen LogP contribution in [0.25, 0.3) is 22.2 Å². The van der Waals surface area contributed by atoms with Gasteiger partial charge in [-0.3, -0.25) is 4.79 Å². The van der Waals surface area contributed by atoms with E-state index in [-0.39, 0.29) is 5.91 Å². The molecule has 24 heavy (non-hydrogen) atoms. The zero-order valence-corrected chi connectivity index (χ0v) is 13.8. The first kappa shape index (κ1) is 14.8. The van der Waals surface area contributed by atoms with Crippen molar-refractivity contribution in [2.24, 2.45) is 0 Å². The van der Waals surface area contributed by atoms with E-state index in [0.717, 1.165) is 45.5 Å². The summed E-state index contributed by atoms with van der Waals surface area (Å²) in [6, 6.07) is 12.1. The Balaban J connectivity index is 1.91. The molecule has 122 valence electrons. The van der Waals surface area contributed by atoms with Gasteiger partial charge in [0.2, 0.25) is 0 Å². The van der Waals surface area contributed by atoms with E-state index in [1.807, 2.05) is 32.3 Å². The minimum absolute atomic E-state index is 0.00502. The van der Waals surface area contributed by atoms with Gasteiger partial charge in [0, 0.05) is 40.9 Å². The Morgan fingerprint density at radius 3 is 2.79 bits per heavy atom. The van der Waals surface area contributed by atoms with Crippen molar-refractivity contribution >= 4 is 22.5 Å². The molecule has 0 unspecified atom stereocenters. The van der Waals surface area contributed by atoms with Gasteiger partial charge < -0.3 is 20.9 Å². The molecule has 0 fully saturated rings. The molecule has 3 aromatic rings. The van der Waals surface area contributed by atoms with E-state index >= 15 is 0 Å². The van der Waals surface area contributed by atoms with Gasteiger partial charge in [-0.15, -0.1) is 0 Å². The van der Waals surface area contributed by atoms with Crippen molar-refractivity contribution in [3.8, 4) is 11.3 Å². The number of nitrogen functional groups attached to an aromatic ring is 1. The number of nitrogens with one attached hydrogen (secondary N) is 2. The molecule has 5 nitrogen and oxygen atoms in total. The first-order valence-electron chi connectivity index (χ1n) is 7.98. The third-order valence-electron chi connectivity index (χ3n) is 4.38. The third kappa shape index (κ3) is 2.43. The van der Waals surface area contributed by atoms with Crippen molar-refractivity contribution in [2.45, 2.75) is 13.1 Å². The molecule has 0 saturated carbocycles. The van der Waals surface area contributed by atoms with Crippen LogP contribution in [0.3, 0.4) is 0 Å². The number of nitrogens with two attached hydrogens (primary N) is 1. The maximum atomic E-state index is 12.3. The molecule has 0 atom stereocenters. The molecule has 1 aromatic heterocycles. The van der Waals surface area contributed by atoms with Gasteiger partial charge in [-0.2, -0.15) is 0 Å². The molecule has 0 aliphatic carbocycles. The van der Waals surface area contributed by atoms with Crippen molar-refractivity contribution in [2.75, 3.05) is 19.8 Å². The molecule has 1 aliphatic heterocycles. The van der Waals surface area contributed by atoms with Gasteiger partial charge >= 0.3 is 0 Å². The van der Waals surface area contributed by atoms with E-state index in [0.29, 0.717) is 6.54 Å². The van der Waals surface area contributed by atoms with Gasteiger partial charge in [-0.1, -0.05) is 6.07 Å². The Bertz CT molecular complexity index is 955. The fourth-order valence-corrected chi connectivity index (χ4v) is 3.40. The van der Waals surface area contributed by atoms with E-state index in [1.165, 1.54) is 5.56 Å². The molecule has 0 saturated heterocycles. The lowest BCUT2D eigenvalue weighted by Crippen LogP contribution is -2.13. The summed E-state index contributed by atoms with van der Waals surface area (Å²) in [7, 11) is 4.09. The highest BCUT2D eigenvalue weighted by atomic mass is 16.1. The van der Waals surface area contributed by atoms with Crippen molar-refractivity contribution in [3.05, 3.63) is 53.1 Å². The zero-order valence-electron chi connectivity index (χ0n) is 13.8. The SMILES string of the molecule is CN(C)Cc1cc2c(c(-c3cc4cc(N)ccc4[nH]3)c1)C(=O)NC2. The van der Waals surface area contributed by atoms with Crippen LogP contribution in [0.4, 0.5) is 5.69 Å². The summed E-state index contributed by atoms with van der Waals surface area (Å²) in [6.45, 7) is 1.43. The molecule has 1 aliphatic rings. The number of fused-ring (bicyclic) bond motifs is 2. The summed E-state index contributed by atoms with van der Waals surface area (Å²) < 4.78 is 0. The minimum Gasteiger partial charge on any atom is -0.399 e. The predicted octanol–water partition coefficient (Wildman–Crippen LogP) is 2.72. The van der Waals surface area contributed by atoms with Crippen LogP contribution in [0.5, 0.6) is 0 Å². The van der Waals surface area contributed by atoms with Crippen LogP contribution in [0, 0.1) is 0 Å². The van der Waals surface area contributed by atoms with Gasteiger partial charge in [-0.05, 0) is 55.6 Å². The van der Waals surface area contributed by atoms with Gasteiger partial charge in [0.05, 0.1) is 5.56 Å². The summed E-state index contributed by atoms with van der Waals surface area (Å²) >= 11 is 0. The molecule has 0 spiro atoms. The topological polar surface area (TPSA) is 74.1 Å². The molecule has 2 aromatic carbocycles. The number of carbonyl (C=O) groups excluding carboxylic acids is 1. The van der Waals surface area contributed by atoms with Crippen LogP contribution >= 0.6 is 0 Å². The van der Waals surface area contributed by atoms with E-state index in [1.54, 1.807) is 0 Å². The van der Waals surface area contributed by atoms with Crippen LogP contribution in [-0.2, 0) is 13.1 Å². The fraction of sp³-hybridized carbons (Fsp3) is 0.211. The largest absolute Gasteiger partial charge is 0.399 e. The monoisotopic (exact) mass is 320 g/mol. The number of hydrogen-bond donors (Lipinski definition) is 3. The number of carbonyl (C=O) groups is 1. The van der Waals surface area contributed by atoms with E-state index in [9.17, 15) is 4.79 Å². The third-order valence-corrected chi connectivity index (χ3v) is 4.38. The maximum absolute atomic E-state index is 12.3. The van der Waals surface area contributed by atoms with Crippen LogP contribution < -0.4 is 11.1 Å². The maximum Gasteiger partial charge on any atom is 0.252 e. The first-order valence-corrected chi connectivity index (χ1v) is 7.98. The fourth-order valence-electron chi connectivity index (χ4n) is 3.40. The number of aromatic nitrogens is 1. The molecular formula is C19H20N4O. The second-order valence-corrected chi connectivity index (χ2v) is 6.63. The minimum atomic E-state index is -0.00502. The standard InChI is InChI=1S/C19H20N4O/c1-23(2)10-11-5-13-9-21-19(24)18(13)15(6-11)17-8-12-7-14(20)3-4-16(12)22-17/h3-8,22H,9-10,20H2,1-2H3,(H,21,24). The normalized spacial score (nSPS) is 13.5. The van der Waals surface area contributed by atoms with Gasteiger partial charge in [0.1, 0.15) is 0 Å². The Hall–Kier alpha value is -2.79. The van der Waals surface area contributed by atoms with Crippen molar-refractivity contribution in [1.29, 1.82) is 0 Å². The highest BCUT2D eigenvalue weighted by Crippen LogP contribution is 2.33. The molecule has 0 bridgehead atoms. The molecule has 2 heterocycles. The number of H-pyrrole nitrogens is 1. The lowest BCUT2D eigenvalue weighted by atomic mass is 9.97. The van der Waals surface area contributed by atoms with Crippen LogP contribution in [0.15, 0.2) is 36.4 Å². The van der Waals surface area contributed by atoms with Crippen molar-refractivity contribution in [1.82, 2.24) is 15.2 Å². The predicted molar refractivity (Wildman–Crippen MR) is 96.7 cm³/mol. The lowest BCUT2D eigenvalue weighted by molar-refractivity contribution is 0.0966. The van der Waals surface area contributed by atoms with Gasteiger partial charge in [0.15, 0.2) is 0 Å². The summed E-state index contributed by atoms with van der Waals surface area (Å²) in [6.07, 6.45) is 0. The summed E-state index contributed by atoms with van der Waals surface area (Å²) in [5.41, 5.74) is 12.6. The second-order valence-electron chi connectivity index (χ2n) is 6.63. The van der Waals surface area contributed by atoms with E-state index in [4.69, 9.17) is 5.73 Å². The number of anilines is 1. The second kappa shape index (κ2) is 5.39. The molecule has 1 amide bonds. The van der Waals surface area contributed by atoms with Crippen molar-refractivity contribution in [3.63, 3.8) is 0 Å². The smallest absolute Gasteiger partial charge is 0.252 e. The molecular weight excluding hydrogens is 300 g/mol. The van der Waals surface area contributed by atoms with Crippen LogP contribution in [-0.4, -0.2) is 29.9 Å². The average Bonchev–Trinajstić information content (AvgIpc) is 3.09. The summed E-state index contributed by atoms with van der Waals surface area (Å²) in [5.74, 6) is -0.00502.